The zero-order valence-electron chi connectivity index (χ0n) is 10.8. The van der Waals surface area contributed by atoms with Gasteiger partial charge < -0.3 is 10.2 Å². The first-order chi connectivity index (χ1) is 7.13. The van der Waals surface area contributed by atoms with Gasteiger partial charge >= 0.3 is 0 Å². The van der Waals surface area contributed by atoms with Gasteiger partial charge in [-0.3, -0.25) is 4.90 Å². The van der Waals surface area contributed by atoms with Gasteiger partial charge in [0.05, 0.1) is 0 Å². The van der Waals surface area contributed by atoms with Crippen molar-refractivity contribution >= 4 is 0 Å². The molecule has 0 amide bonds. The highest BCUT2D eigenvalue weighted by Gasteiger charge is 2.20. The zero-order chi connectivity index (χ0) is 11.3. The molecule has 1 fully saturated rings. The van der Waals surface area contributed by atoms with E-state index in [4.69, 9.17) is 0 Å². The summed E-state index contributed by atoms with van der Waals surface area (Å²) in [6.07, 6.45) is 1.35. The lowest BCUT2D eigenvalue weighted by molar-refractivity contribution is 0.161. The molecule has 2 unspecified atom stereocenters. The molecular formula is C12H27N3. The van der Waals surface area contributed by atoms with Crippen LogP contribution in [0.1, 0.15) is 20.3 Å². The Morgan fingerprint density at radius 1 is 1.40 bits per heavy atom. The van der Waals surface area contributed by atoms with Crippen molar-refractivity contribution < 1.29 is 0 Å². The first kappa shape index (κ1) is 12.9. The summed E-state index contributed by atoms with van der Waals surface area (Å²) in [4.78, 5) is 4.89. The second-order valence-electron chi connectivity index (χ2n) is 5.06. The molecule has 0 saturated carbocycles. The Bertz CT molecular complexity index is 164. The highest BCUT2D eigenvalue weighted by Crippen LogP contribution is 2.12. The first-order valence-electron chi connectivity index (χ1n) is 6.23. The van der Waals surface area contributed by atoms with E-state index in [-0.39, 0.29) is 0 Å². The van der Waals surface area contributed by atoms with E-state index in [1.165, 1.54) is 32.6 Å². The predicted octanol–water partition coefficient (Wildman–Crippen LogP) is 0.868. The van der Waals surface area contributed by atoms with E-state index < -0.39 is 0 Å². The molecule has 1 aliphatic heterocycles. The van der Waals surface area contributed by atoms with Crippen LogP contribution in [0, 0.1) is 5.92 Å². The fourth-order valence-electron chi connectivity index (χ4n) is 2.47. The van der Waals surface area contributed by atoms with Gasteiger partial charge in [-0.15, -0.1) is 0 Å². The highest BCUT2D eigenvalue weighted by atomic mass is 15.2. The Morgan fingerprint density at radius 2 is 2.13 bits per heavy atom. The van der Waals surface area contributed by atoms with Gasteiger partial charge in [0.15, 0.2) is 0 Å². The van der Waals surface area contributed by atoms with Gasteiger partial charge in [0.25, 0.3) is 0 Å². The molecule has 0 radical (unpaired) electrons. The maximum Gasteiger partial charge on any atom is 0.0194 e. The van der Waals surface area contributed by atoms with Crippen LogP contribution in [0.15, 0.2) is 0 Å². The van der Waals surface area contributed by atoms with Gasteiger partial charge in [-0.2, -0.15) is 0 Å². The average Bonchev–Trinajstić information content (AvgIpc) is 2.65. The molecule has 0 bridgehead atoms. The lowest BCUT2D eigenvalue weighted by Crippen LogP contribution is -2.42. The third-order valence-corrected chi connectivity index (χ3v) is 3.31. The minimum atomic E-state index is 0.672. The minimum absolute atomic E-state index is 0.672. The molecule has 0 aromatic heterocycles. The molecule has 1 saturated heterocycles. The number of nitrogens with one attached hydrogen (secondary N) is 1. The smallest absolute Gasteiger partial charge is 0.0194 e. The molecule has 3 heteroatoms. The summed E-state index contributed by atoms with van der Waals surface area (Å²) in [6, 6.07) is 0.672. The maximum absolute atomic E-state index is 3.44. The summed E-state index contributed by atoms with van der Waals surface area (Å²) in [6.45, 7) is 10.6. The van der Waals surface area contributed by atoms with Crippen molar-refractivity contribution in [3.63, 3.8) is 0 Å². The topological polar surface area (TPSA) is 18.5 Å². The lowest BCUT2D eigenvalue weighted by Gasteiger charge is -2.31. The standard InChI is InChI=1S/C12H27N3/c1-5-15(11(2)9-14(3)4)10-12-6-7-13-8-12/h11-13H,5-10H2,1-4H3. The van der Waals surface area contributed by atoms with Crippen LogP contribution in [0.2, 0.25) is 0 Å². The van der Waals surface area contributed by atoms with Crippen LogP contribution in [0.4, 0.5) is 0 Å². The van der Waals surface area contributed by atoms with Gasteiger partial charge in [-0.05, 0) is 53.0 Å². The van der Waals surface area contributed by atoms with Crippen molar-refractivity contribution in [1.82, 2.24) is 15.1 Å². The quantitative estimate of drug-likeness (QED) is 0.706. The van der Waals surface area contributed by atoms with Crippen LogP contribution in [-0.2, 0) is 0 Å². The van der Waals surface area contributed by atoms with Crippen molar-refractivity contribution in [2.24, 2.45) is 5.92 Å². The Morgan fingerprint density at radius 3 is 2.60 bits per heavy atom. The second kappa shape index (κ2) is 6.46. The number of hydrogen-bond donors (Lipinski definition) is 1. The number of nitrogens with zero attached hydrogens (tertiary/aromatic N) is 2. The number of likely N-dealkylation sites (N-methyl/N-ethyl adjacent to an activating group) is 2. The fourth-order valence-corrected chi connectivity index (χ4v) is 2.47. The third-order valence-electron chi connectivity index (χ3n) is 3.31. The van der Waals surface area contributed by atoms with Gasteiger partial charge in [-0.1, -0.05) is 6.92 Å². The van der Waals surface area contributed by atoms with Crippen molar-refractivity contribution in [2.75, 3.05) is 46.8 Å². The fraction of sp³-hybridized carbons (Fsp3) is 1.00. The van der Waals surface area contributed by atoms with Gasteiger partial charge in [0, 0.05) is 19.1 Å². The zero-order valence-corrected chi connectivity index (χ0v) is 10.8. The number of rotatable bonds is 6. The summed E-state index contributed by atoms with van der Waals surface area (Å²) in [7, 11) is 4.31. The van der Waals surface area contributed by atoms with Crippen LogP contribution >= 0.6 is 0 Å². The first-order valence-corrected chi connectivity index (χ1v) is 6.23. The Balaban J connectivity index is 2.32. The largest absolute Gasteiger partial charge is 0.316 e. The van der Waals surface area contributed by atoms with E-state index in [2.05, 4.69) is 43.1 Å². The molecule has 1 heterocycles. The summed E-state index contributed by atoms with van der Waals surface area (Å²) >= 11 is 0. The van der Waals surface area contributed by atoms with E-state index in [0.717, 1.165) is 12.5 Å². The van der Waals surface area contributed by atoms with Crippen LogP contribution in [0.3, 0.4) is 0 Å². The highest BCUT2D eigenvalue weighted by molar-refractivity contribution is 4.77. The van der Waals surface area contributed by atoms with Crippen molar-refractivity contribution in [1.29, 1.82) is 0 Å². The third kappa shape index (κ3) is 4.49. The van der Waals surface area contributed by atoms with Crippen LogP contribution < -0.4 is 5.32 Å². The molecule has 0 aromatic rings. The van der Waals surface area contributed by atoms with E-state index in [0.29, 0.717) is 6.04 Å². The maximum atomic E-state index is 3.44. The molecule has 1 rings (SSSR count). The molecular weight excluding hydrogens is 186 g/mol. The monoisotopic (exact) mass is 213 g/mol. The van der Waals surface area contributed by atoms with Crippen molar-refractivity contribution in [3.8, 4) is 0 Å². The van der Waals surface area contributed by atoms with E-state index in [1.807, 2.05) is 0 Å². The number of hydrogen-bond acceptors (Lipinski definition) is 3. The summed E-state index contributed by atoms with van der Waals surface area (Å²) < 4.78 is 0. The van der Waals surface area contributed by atoms with Crippen LogP contribution in [0.5, 0.6) is 0 Å². The molecule has 0 aliphatic carbocycles. The lowest BCUT2D eigenvalue weighted by atomic mass is 10.1. The van der Waals surface area contributed by atoms with Crippen molar-refractivity contribution in [3.05, 3.63) is 0 Å². The molecule has 15 heavy (non-hydrogen) atoms. The molecule has 1 N–H and O–H groups in total. The Labute approximate surface area is 94.8 Å². The molecule has 2 atom stereocenters. The summed E-state index contributed by atoms with van der Waals surface area (Å²) in [5.74, 6) is 0.870. The normalized spacial score (nSPS) is 24.0. The Hall–Kier alpha value is -0.120. The van der Waals surface area contributed by atoms with Crippen molar-refractivity contribution in [2.45, 2.75) is 26.3 Å². The SMILES string of the molecule is CCN(CC1CCNC1)C(C)CN(C)C. The van der Waals surface area contributed by atoms with E-state index in [9.17, 15) is 0 Å². The summed E-state index contributed by atoms with van der Waals surface area (Å²) in [5.41, 5.74) is 0. The Kier molecular flexibility index (Phi) is 5.58. The molecule has 0 aromatic carbocycles. The minimum Gasteiger partial charge on any atom is -0.316 e. The van der Waals surface area contributed by atoms with E-state index in [1.54, 1.807) is 0 Å². The molecule has 1 aliphatic rings. The van der Waals surface area contributed by atoms with Crippen LogP contribution in [0.25, 0.3) is 0 Å². The van der Waals surface area contributed by atoms with Gasteiger partial charge in [0.2, 0.25) is 0 Å². The van der Waals surface area contributed by atoms with E-state index >= 15 is 0 Å². The molecule has 0 spiro atoms. The van der Waals surface area contributed by atoms with Crippen LogP contribution in [-0.4, -0.2) is 62.7 Å². The van der Waals surface area contributed by atoms with Gasteiger partial charge in [0.1, 0.15) is 0 Å². The predicted molar refractivity (Wildman–Crippen MR) is 66.2 cm³/mol. The average molecular weight is 213 g/mol. The summed E-state index contributed by atoms with van der Waals surface area (Å²) in [5, 5.41) is 3.44. The molecule has 3 nitrogen and oxygen atoms in total. The molecule has 90 valence electrons. The second-order valence-corrected chi connectivity index (χ2v) is 5.06. The van der Waals surface area contributed by atoms with Gasteiger partial charge in [-0.25, -0.2) is 0 Å².